The molecule has 2 rings (SSSR count). The van der Waals surface area contributed by atoms with Crippen LogP contribution in [0.5, 0.6) is 0 Å². The third-order valence-electron chi connectivity index (χ3n) is 4.25. The van der Waals surface area contributed by atoms with Gasteiger partial charge >= 0.3 is 0 Å². The van der Waals surface area contributed by atoms with Gasteiger partial charge in [-0.05, 0) is 59.2 Å². The molecule has 24 heavy (non-hydrogen) atoms. The highest BCUT2D eigenvalue weighted by Crippen LogP contribution is 2.25. The summed E-state index contributed by atoms with van der Waals surface area (Å²) in [5.74, 6) is 0. The molecule has 0 spiro atoms. The number of hydrogen-bond acceptors (Lipinski definition) is 0. The fraction of sp³-hybridized carbons (Fsp3) is 0.167. The largest absolute Gasteiger partial charge is 0.0985 e. The van der Waals surface area contributed by atoms with Crippen molar-refractivity contribution >= 4 is 24.3 Å². The van der Waals surface area contributed by atoms with Crippen molar-refractivity contribution in [1.29, 1.82) is 0 Å². The van der Waals surface area contributed by atoms with Gasteiger partial charge in [0.05, 0.1) is 0 Å². The lowest BCUT2D eigenvalue weighted by molar-refractivity contribution is 1.13. The van der Waals surface area contributed by atoms with Gasteiger partial charge in [0.15, 0.2) is 0 Å². The molecule has 0 aliphatic heterocycles. The third kappa shape index (κ3) is 4.45. The van der Waals surface area contributed by atoms with Crippen molar-refractivity contribution in [3.05, 3.63) is 95.6 Å². The van der Waals surface area contributed by atoms with Gasteiger partial charge in [0.1, 0.15) is 0 Å². The highest BCUT2D eigenvalue weighted by atomic mass is 14.1. The minimum absolute atomic E-state index is 1.09. The SMILES string of the molecule is C=Cc1cc(C)c(C)c(C=C)c1C=C.C=Cc1ccccc1CC. The topological polar surface area (TPSA) is 0 Å². The fourth-order valence-electron chi connectivity index (χ4n) is 2.70. The summed E-state index contributed by atoms with van der Waals surface area (Å²) < 4.78 is 0. The van der Waals surface area contributed by atoms with Crippen molar-refractivity contribution in [2.75, 3.05) is 0 Å². The Morgan fingerprint density at radius 1 is 0.792 bits per heavy atom. The van der Waals surface area contributed by atoms with Crippen LogP contribution in [0.2, 0.25) is 0 Å². The van der Waals surface area contributed by atoms with Crippen LogP contribution in [0.25, 0.3) is 24.3 Å². The minimum Gasteiger partial charge on any atom is -0.0985 e. The molecule has 0 aliphatic rings. The van der Waals surface area contributed by atoms with Gasteiger partial charge < -0.3 is 0 Å². The van der Waals surface area contributed by atoms with E-state index in [9.17, 15) is 0 Å². The molecule has 0 heteroatoms. The van der Waals surface area contributed by atoms with E-state index < -0.39 is 0 Å². The van der Waals surface area contributed by atoms with Crippen LogP contribution in [0.4, 0.5) is 0 Å². The van der Waals surface area contributed by atoms with Gasteiger partial charge in [-0.15, -0.1) is 0 Å². The molecule has 0 radical (unpaired) electrons. The number of hydrogen-bond donors (Lipinski definition) is 0. The Morgan fingerprint density at radius 3 is 1.83 bits per heavy atom. The minimum atomic E-state index is 1.09. The first-order valence-electron chi connectivity index (χ1n) is 8.25. The van der Waals surface area contributed by atoms with Crippen LogP contribution < -0.4 is 0 Å². The second kappa shape index (κ2) is 9.52. The van der Waals surface area contributed by atoms with Crippen LogP contribution in [0, 0.1) is 13.8 Å². The molecule has 0 atom stereocenters. The highest BCUT2D eigenvalue weighted by Gasteiger charge is 2.06. The molecule has 2 aromatic carbocycles. The maximum Gasteiger partial charge on any atom is -0.0115 e. The number of benzene rings is 2. The Hall–Kier alpha value is -2.60. The van der Waals surface area contributed by atoms with E-state index in [0.29, 0.717) is 0 Å². The van der Waals surface area contributed by atoms with Gasteiger partial charge in [-0.25, -0.2) is 0 Å². The smallest absolute Gasteiger partial charge is 0.0115 e. The van der Waals surface area contributed by atoms with Crippen molar-refractivity contribution in [2.24, 2.45) is 0 Å². The monoisotopic (exact) mass is 316 g/mol. The molecule has 0 unspecified atom stereocenters. The Balaban J connectivity index is 0.000000254. The van der Waals surface area contributed by atoms with Gasteiger partial charge in [-0.2, -0.15) is 0 Å². The molecule has 0 amide bonds. The second-order valence-electron chi connectivity index (χ2n) is 5.60. The Morgan fingerprint density at radius 2 is 1.38 bits per heavy atom. The molecule has 0 nitrogen and oxygen atoms in total. The molecule has 0 saturated carbocycles. The summed E-state index contributed by atoms with van der Waals surface area (Å²) in [5, 5.41) is 0. The third-order valence-corrected chi connectivity index (χ3v) is 4.25. The van der Waals surface area contributed by atoms with Gasteiger partial charge in [0.2, 0.25) is 0 Å². The molecule has 2 aromatic rings. The zero-order valence-corrected chi connectivity index (χ0v) is 15.2. The summed E-state index contributed by atoms with van der Waals surface area (Å²) in [6.45, 7) is 21.6. The van der Waals surface area contributed by atoms with Gasteiger partial charge in [0.25, 0.3) is 0 Å². The van der Waals surface area contributed by atoms with Crippen LogP contribution in [0.1, 0.15) is 45.9 Å². The molecule has 0 N–H and O–H groups in total. The van der Waals surface area contributed by atoms with Crippen molar-refractivity contribution in [1.82, 2.24) is 0 Å². The zero-order valence-electron chi connectivity index (χ0n) is 15.2. The molecule has 0 fully saturated rings. The molecule has 0 aromatic heterocycles. The molecular weight excluding hydrogens is 288 g/mol. The predicted octanol–water partition coefficient (Wildman–Crippen LogP) is 7.12. The molecule has 124 valence electrons. The first-order chi connectivity index (χ1) is 11.5. The van der Waals surface area contributed by atoms with E-state index in [1.807, 2.05) is 30.4 Å². The van der Waals surface area contributed by atoms with Crippen LogP contribution in [0.15, 0.2) is 56.6 Å². The fourth-order valence-corrected chi connectivity index (χ4v) is 2.70. The molecular formula is C24H28. The zero-order chi connectivity index (χ0) is 18.1. The summed E-state index contributed by atoms with van der Waals surface area (Å²) in [6.07, 6.45) is 8.59. The average molecular weight is 316 g/mol. The first-order valence-corrected chi connectivity index (χ1v) is 8.25. The highest BCUT2D eigenvalue weighted by molar-refractivity contribution is 5.75. The second-order valence-corrected chi connectivity index (χ2v) is 5.60. The maximum atomic E-state index is 3.83. The standard InChI is InChI=1S/C14H16.C10H12/c1-6-12-9-10(4)11(5)13(7-2)14(12)8-3;1-3-9-7-5-6-8-10(9)4-2/h6-9H,1-3H2,4-5H3;3,5-8H,1,4H2,2H3. The van der Waals surface area contributed by atoms with E-state index in [4.69, 9.17) is 0 Å². The maximum absolute atomic E-state index is 3.83. The molecule has 0 aliphatic carbocycles. The van der Waals surface area contributed by atoms with Crippen molar-refractivity contribution < 1.29 is 0 Å². The molecule has 0 heterocycles. The lowest BCUT2D eigenvalue weighted by Crippen LogP contribution is -1.93. The number of aryl methyl sites for hydroxylation is 2. The van der Waals surface area contributed by atoms with E-state index in [0.717, 1.165) is 23.1 Å². The summed E-state index contributed by atoms with van der Waals surface area (Å²) in [4.78, 5) is 0. The lowest BCUT2D eigenvalue weighted by Gasteiger charge is -2.12. The van der Waals surface area contributed by atoms with Gasteiger partial charge in [-0.1, -0.05) is 87.9 Å². The van der Waals surface area contributed by atoms with E-state index in [1.54, 1.807) is 0 Å². The van der Waals surface area contributed by atoms with Crippen LogP contribution in [-0.4, -0.2) is 0 Å². The summed E-state index contributed by atoms with van der Waals surface area (Å²) in [5.41, 5.74) is 8.56. The van der Waals surface area contributed by atoms with Crippen LogP contribution in [0.3, 0.4) is 0 Å². The Bertz CT molecular complexity index is 745. The quantitative estimate of drug-likeness (QED) is 0.550. The van der Waals surface area contributed by atoms with E-state index in [2.05, 4.69) is 71.4 Å². The molecule has 0 saturated heterocycles. The van der Waals surface area contributed by atoms with Crippen molar-refractivity contribution in [3.8, 4) is 0 Å². The Kier molecular flexibility index (Phi) is 7.71. The molecule has 0 bridgehead atoms. The Labute approximate surface area is 147 Å². The van der Waals surface area contributed by atoms with Gasteiger partial charge in [-0.3, -0.25) is 0 Å². The first kappa shape index (κ1) is 19.4. The van der Waals surface area contributed by atoms with Crippen molar-refractivity contribution in [3.63, 3.8) is 0 Å². The van der Waals surface area contributed by atoms with Gasteiger partial charge in [0, 0.05) is 0 Å². The summed E-state index contributed by atoms with van der Waals surface area (Å²) in [6, 6.07) is 10.5. The normalized spacial score (nSPS) is 9.46. The van der Waals surface area contributed by atoms with Crippen LogP contribution >= 0.6 is 0 Å². The van der Waals surface area contributed by atoms with E-state index >= 15 is 0 Å². The van der Waals surface area contributed by atoms with Crippen LogP contribution in [-0.2, 0) is 6.42 Å². The predicted molar refractivity (Wildman–Crippen MR) is 112 cm³/mol. The van der Waals surface area contributed by atoms with E-state index in [1.165, 1.54) is 22.3 Å². The lowest BCUT2D eigenvalue weighted by atomic mass is 9.93. The number of rotatable bonds is 5. The van der Waals surface area contributed by atoms with Crippen molar-refractivity contribution in [2.45, 2.75) is 27.2 Å². The summed E-state index contributed by atoms with van der Waals surface area (Å²) >= 11 is 0. The van der Waals surface area contributed by atoms with E-state index in [-0.39, 0.29) is 0 Å². The average Bonchev–Trinajstić information content (AvgIpc) is 2.63. The summed E-state index contributed by atoms with van der Waals surface area (Å²) in [7, 11) is 0.